The highest BCUT2D eigenvalue weighted by Crippen LogP contribution is 2.31. The summed E-state index contributed by atoms with van der Waals surface area (Å²) in [5.74, 6) is 0.572. The molecule has 1 aliphatic rings. The van der Waals surface area contributed by atoms with E-state index in [0.29, 0.717) is 12.4 Å². The van der Waals surface area contributed by atoms with Crippen LogP contribution < -0.4 is 5.56 Å². The first-order valence-corrected chi connectivity index (χ1v) is 9.09. The zero-order chi connectivity index (χ0) is 19.9. The minimum atomic E-state index is -4.43. The molecule has 148 valence electrons. The smallest absolute Gasteiger partial charge is 0.310 e. The van der Waals surface area contributed by atoms with E-state index in [4.69, 9.17) is 0 Å². The minimum absolute atomic E-state index is 0.0233. The topological polar surface area (TPSA) is 66.8 Å². The fourth-order valence-corrected chi connectivity index (χ4v) is 3.84. The van der Waals surface area contributed by atoms with Crippen molar-refractivity contribution in [2.75, 3.05) is 13.1 Å². The molecule has 0 bridgehead atoms. The molecule has 0 radical (unpaired) electrons. The second-order valence-electron chi connectivity index (χ2n) is 7.37. The maximum absolute atomic E-state index is 12.8. The van der Waals surface area contributed by atoms with E-state index in [1.807, 2.05) is 18.2 Å². The number of benzene rings is 1. The fourth-order valence-electron chi connectivity index (χ4n) is 3.84. The molecule has 1 saturated heterocycles. The Balaban J connectivity index is 1.61. The summed E-state index contributed by atoms with van der Waals surface area (Å²) in [5.41, 5.74) is 0.711. The lowest BCUT2D eigenvalue weighted by Crippen LogP contribution is -2.22. The Labute approximate surface area is 159 Å². The number of rotatable bonds is 4. The lowest BCUT2D eigenvalue weighted by molar-refractivity contribution is -0.141. The van der Waals surface area contributed by atoms with Gasteiger partial charge in [-0.25, -0.2) is 9.67 Å². The highest BCUT2D eigenvalue weighted by atomic mass is 19.4. The Hall–Kier alpha value is -2.68. The second kappa shape index (κ2) is 7.05. The molecule has 0 aliphatic carbocycles. The molecule has 1 aromatic carbocycles. The number of H-pyrrole nitrogens is 1. The van der Waals surface area contributed by atoms with E-state index in [0.717, 1.165) is 24.0 Å². The lowest BCUT2D eigenvalue weighted by Gasteiger charge is -2.16. The van der Waals surface area contributed by atoms with Gasteiger partial charge in [0.25, 0.3) is 5.56 Å². The van der Waals surface area contributed by atoms with Crippen LogP contribution in [-0.4, -0.2) is 43.9 Å². The summed E-state index contributed by atoms with van der Waals surface area (Å²) in [6.45, 7) is 3.07. The molecule has 1 fully saturated rings. The van der Waals surface area contributed by atoms with Gasteiger partial charge in [-0.2, -0.15) is 18.3 Å². The SMILES string of the molecule is CC1CN(Cc2ccccc2)CC1c1nc2c(cnn2CC(F)(F)F)c(=O)[nH]1. The van der Waals surface area contributed by atoms with Crippen molar-refractivity contribution in [2.45, 2.75) is 32.1 Å². The van der Waals surface area contributed by atoms with Gasteiger partial charge in [-0.05, 0) is 11.5 Å². The summed E-state index contributed by atoms with van der Waals surface area (Å²) < 4.78 is 39.1. The number of halogens is 3. The zero-order valence-corrected chi connectivity index (χ0v) is 15.3. The Kier molecular flexibility index (Phi) is 4.70. The molecular weight excluding hydrogens is 371 g/mol. The summed E-state index contributed by atoms with van der Waals surface area (Å²) in [4.78, 5) is 21.8. The van der Waals surface area contributed by atoms with Gasteiger partial charge in [0.05, 0.1) is 6.20 Å². The van der Waals surface area contributed by atoms with Crippen LogP contribution in [-0.2, 0) is 13.1 Å². The van der Waals surface area contributed by atoms with Crippen LogP contribution >= 0.6 is 0 Å². The number of aromatic nitrogens is 4. The minimum Gasteiger partial charge on any atom is -0.310 e. The maximum atomic E-state index is 12.8. The highest BCUT2D eigenvalue weighted by Gasteiger charge is 2.34. The zero-order valence-electron chi connectivity index (χ0n) is 15.3. The van der Waals surface area contributed by atoms with E-state index in [-0.39, 0.29) is 22.9 Å². The Morgan fingerprint density at radius 3 is 2.68 bits per heavy atom. The standard InChI is InChI=1S/C19H20F3N5O/c1-12-8-26(9-13-5-3-2-4-6-13)10-15(12)16-24-17-14(18(28)25-16)7-23-27(17)11-19(20,21)22/h2-7,12,15H,8-11H2,1H3,(H,24,25,28). The number of aromatic amines is 1. The third-order valence-electron chi connectivity index (χ3n) is 5.14. The number of nitrogens with one attached hydrogen (secondary N) is 1. The quantitative estimate of drug-likeness (QED) is 0.743. The normalized spacial score (nSPS) is 20.9. The first kappa shape index (κ1) is 18.7. The number of likely N-dealkylation sites (tertiary alicyclic amines) is 1. The third kappa shape index (κ3) is 3.80. The summed E-state index contributed by atoms with van der Waals surface area (Å²) in [6.07, 6.45) is -3.30. The largest absolute Gasteiger partial charge is 0.408 e. The molecule has 6 nitrogen and oxygen atoms in total. The van der Waals surface area contributed by atoms with Crippen molar-refractivity contribution in [1.29, 1.82) is 0 Å². The van der Waals surface area contributed by atoms with Crippen molar-refractivity contribution in [3.63, 3.8) is 0 Å². The van der Waals surface area contributed by atoms with Gasteiger partial charge in [-0.1, -0.05) is 37.3 Å². The van der Waals surface area contributed by atoms with Crippen LogP contribution in [0.15, 0.2) is 41.3 Å². The van der Waals surface area contributed by atoms with Crippen LogP contribution in [0.4, 0.5) is 13.2 Å². The second-order valence-corrected chi connectivity index (χ2v) is 7.37. The fraction of sp³-hybridized carbons (Fsp3) is 0.421. The Bertz CT molecular complexity index is 1030. The van der Waals surface area contributed by atoms with Gasteiger partial charge in [0, 0.05) is 25.6 Å². The van der Waals surface area contributed by atoms with Crippen LogP contribution in [0.5, 0.6) is 0 Å². The summed E-state index contributed by atoms with van der Waals surface area (Å²) in [5, 5.41) is 3.77. The molecule has 0 amide bonds. The predicted molar refractivity (Wildman–Crippen MR) is 97.8 cm³/mol. The molecule has 1 N–H and O–H groups in total. The van der Waals surface area contributed by atoms with E-state index in [2.05, 4.69) is 39.0 Å². The monoisotopic (exact) mass is 391 g/mol. The molecule has 2 atom stereocenters. The van der Waals surface area contributed by atoms with Crippen molar-refractivity contribution >= 4 is 11.0 Å². The summed E-state index contributed by atoms with van der Waals surface area (Å²) in [7, 11) is 0. The number of fused-ring (bicyclic) bond motifs is 1. The molecular formula is C19H20F3N5O. The molecule has 3 aromatic rings. The van der Waals surface area contributed by atoms with Crippen LogP contribution in [0.2, 0.25) is 0 Å². The van der Waals surface area contributed by atoms with E-state index in [1.165, 1.54) is 5.56 Å². The number of hydrogen-bond donors (Lipinski definition) is 1. The van der Waals surface area contributed by atoms with Crippen LogP contribution in [0, 0.1) is 5.92 Å². The van der Waals surface area contributed by atoms with Gasteiger partial charge in [0.15, 0.2) is 5.65 Å². The van der Waals surface area contributed by atoms with Gasteiger partial charge in [-0.15, -0.1) is 0 Å². The molecule has 2 aromatic heterocycles. The van der Waals surface area contributed by atoms with Crippen molar-refractivity contribution in [2.24, 2.45) is 5.92 Å². The van der Waals surface area contributed by atoms with Gasteiger partial charge >= 0.3 is 6.18 Å². The highest BCUT2D eigenvalue weighted by molar-refractivity contribution is 5.73. The molecule has 9 heteroatoms. The van der Waals surface area contributed by atoms with E-state index < -0.39 is 18.3 Å². The van der Waals surface area contributed by atoms with Crippen molar-refractivity contribution in [3.05, 3.63) is 58.3 Å². The third-order valence-corrected chi connectivity index (χ3v) is 5.14. The molecule has 0 spiro atoms. The molecule has 28 heavy (non-hydrogen) atoms. The molecule has 3 heterocycles. The average Bonchev–Trinajstić information content (AvgIpc) is 3.18. The average molecular weight is 391 g/mol. The van der Waals surface area contributed by atoms with Gasteiger partial charge in [0.1, 0.15) is 17.8 Å². The van der Waals surface area contributed by atoms with Crippen molar-refractivity contribution < 1.29 is 13.2 Å². The van der Waals surface area contributed by atoms with Crippen LogP contribution in [0.3, 0.4) is 0 Å². The van der Waals surface area contributed by atoms with Gasteiger partial charge in [0.2, 0.25) is 0 Å². The molecule has 0 saturated carbocycles. The number of alkyl halides is 3. The lowest BCUT2D eigenvalue weighted by atomic mass is 9.97. The van der Waals surface area contributed by atoms with Crippen LogP contribution in [0.1, 0.15) is 24.2 Å². The molecule has 2 unspecified atom stereocenters. The number of nitrogens with zero attached hydrogens (tertiary/aromatic N) is 4. The van der Waals surface area contributed by atoms with Crippen molar-refractivity contribution in [1.82, 2.24) is 24.6 Å². The summed E-state index contributed by atoms with van der Waals surface area (Å²) in [6, 6.07) is 10.1. The molecule has 1 aliphatic heterocycles. The van der Waals surface area contributed by atoms with E-state index in [9.17, 15) is 18.0 Å². The Morgan fingerprint density at radius 1 is 1.21 bits per heavy atom. The van der Waals surface area contributed by atoms with Crippen molar-refractivity contribution in [3.8, 4) is 0 Å². The van der Waals surface area contributed by atoms with E-state index in [1.54, 1.807) is 0 Å². The summed E-state index contributed by atoms with van der Waals surface area (Å²) >= 11 is 0. The molecule has 4 rings (SSSR count). The van der Waals surface area contributed by atoms with Gasteiger partial charge < -0.3 is 4.98 Å². The maximum Gasteiger partial charge on any atom is 0.408 e. The Morgan fingerprint density at radius 2 is 1.96 bits per heavy atom. The first-order chi connectivity index (χ1) is 13.3. The first-order valence-electron chi connectivity index (χ1n) is 9.09. The van der Waals surface area contributed by atoms with E-state index >= 15 is 0 Å². The van der Waals surface area contributed by atoms with Gasteiger partial charge in [-0.3, -0.25) is 9.69 Å². The van der Waals surface area contributed by atoms with Crippen LogP contribution in [0.25, 0.3) is 11.0 Å². The predicted octanol–water partition coefficient (Wildman–Crippen LogP) is 2.92. The number of hydrogen-bond acceptors (Lipinski definition) is 4.